The van der Waals surface area contributed by atoms with Crippen LogP contribution in [0.1, 0.15) is 11.7 Å². The van der Waals surface area contributed by atoms with Gasteiger partial charge in [-0.3, -0.25) is 0 Å². The van der Waals surface area contributed by atoms with Crippen LogP contribution in [-0.2, 0) is 0 Å². The van der Waals surface area contributed by atoms with Gasteiger partial charge in [0.15, 0.2) is 0 Å². The van der Waals surface area contributed by atoms with Gasteiger partial charge in [0, 0.05) is 5.56 Å². The molecule has 15 heavy (non-hydrogen) atoms. The minimum atomic E-state index is -0.0269. The maximum Gasteiger partial charge on any atom is 0.139 e. The first kappa shape index (κ1) is 12.6. The Labute approximate surface area is 99.7 Å². The van der Waals surface area contributed by atoms with E-state index in [9.17, 15) is 0 Å². The third kappa shape index (κ3) is 2.55. The van der Waals surface area contributed by atoms with E-state index in [1.54, 1.807) is 13.2 Å². The van der Waals surface area contributed by atoms with Gasteiger partial charge >= 0.3 is 0 Å². The maximum absolute atomic E-state index is 6.14. The van der Waals surface area contributed by atoms with Crippen molar-refractivity contribution in [3.05, 3.63) is 27.7 Å². The molecule has 0 amide bonds. The number of ether oxygens (including phenoxy) is 1. The molecule has 1 aromatic rings. The Balaban J connectivity index is 3.16. The molecule has 0 saturated carbocycles. The normalized spacial score (nSPS) is 10.8. The van der Waals surface area contributed by atoms with Crippen LogP contribution in [0, 0.1) is 0 Å². The first-order valence-corrected chi connectivity index (χ1v) is 5.27. The van der Waals surface area contributed by atoms with E-state index in [1.165, 1.54) is 0 Å². The van der Waals surface area contributed by atoms with E-state index >= 15 is 0 Å². The highest BCUT2D eigenvalue weighted by Gasteiger charge is 2.15. The predicted octanol–water partition coefficient (Wildman–Crippen LogP) is 2.44. The molecule has 0 aliphatic rings. The van der Waals surface area contributed by atoms with Crippen LogP contribution in [0.15, 0.2) is 12.1 Å². The number of hydrogen-bond acceptors (Lipinski definition) is 3. The molecule has 0 unspecified atom stereocenters. The molecule has 0 atom stereocenters. The van der Waals surface area contributed by atoms with Crippen molar-refractivity contribution in [3.8, 4) is 5.75 Å². The lowest BCUT2D eigenvalue weighted by Crippen LogP contribution is -2.28. The van der Waals surface area contributed by atoms with Crippen LogP contribution in [0.25, 0.3) is 0 Å². The smallest absolute Gasteiger partial charge is 0.139 e. The average Bonchev–Trinajstić information content (AvgIpc) is 2.26. The topological polar surface area (TPSA) is 33.3 Å². The van der Waals surface area contributed by atoms with Crippen LogP contribution < -0.4 is 15.4 Å². The van der Waals surface area contributed by atoms with Gasteiger partial charge in [0.05, 0.1) is 18.3 Å². The molecule has 5 heteroatoms. The minimum absolute atomic E-state index is 0.0269. The number of hydrogen-bond donors (Lipinski definition) is 2. The molecule has 0 fully saturated rings. The number of rotatable bonds is 4. The Morgan fingerprint density at radius 2 is 1.73 bits per heavy atom. The summed E-state index contributed by atoms with van der Waals surface area (Å²) in [6.45, 7) is 0. The van der Waals surface area contributed by atoms with E-state index in [0.29, 0.717) is 15.8 Å². The summed E-state index contributed by atoms with van der Waals surface area (Å²) in [6.07, 6.45) is -0.0269. The third-order valence-electron chi connectivity index (χ3n) is 2.19. The molecule has 3 nitrogen and oxygen atoms in total. The molecule has 0 saturated heterocycles. The van der Waals surface area contributed by atoms with Crippen LogP contribution in [-0.4, -0.2) is 21.2 Å². The molecule has 0 aliphatic heterocycles. The Bertz CT molecular complexity index is 340. The van der Waals surface area contributed by atoms with Gasteiger partial charge in [-0.2, -0.15) is 0 Å². The second-order valence-electron chi connectivity index (χ2n) is 3.00. The monoisotopic (exact) mass is 248 g/mol. The number of benzene rings is 1. The molecular formula is C10H14Cl2N2O. The van der Waals surface area contributed by atoms with Crippen LogP contribution in [0.3, 0.4) is 0 Å². The first-order valence-electron chi connectivity index (χ1n) is 4.52. The van der Waals surface area contributed by atoms with E-state index in [-0.39, 0.29) is 6.17 Å². The molecule has 0 aliphatic carbocycles. The summed E-state index contributed by atoms with van der Waals surface area (Å²) in [6, 6.07) is 3.68. The summed E-state index contributed by atoms with van der Waals surface area (Å²) < 4.78 is 5.07. The summed E-state index contributed by atoms with van der Waals surface area (Å²) >= 11 is 12.2. The summed E-state index contributed by atoms with van der Waals surface area (Å²) in [7, 11) is 5.25. The standard InChI is InChI=1S/C10H14Cl2N2O/c1-13-10(14-2)6-4-5-7(15-3)9(12)8(6)11/h4-5,10,13-14H,1-3H3. The van der Waals surface area contributed by atoms with Crippen molar-refractivity contribution in [2.45, 2.75) is 6.17 Å². The molecule has 0 spiro atoms. The quantitative estimate of drug-likeness (QED) is 0.804. The number of nitrogens with one attached hydrogen (secondary N) is 2. The predicted molar refractivity (Wildman–Crippen MR) is 63.9 cm³/mol. The first-order chi connectivity index (χ1) is 7.15. The van der Waals surface area contributed by atoms with Crippen molar-refractivity contribution in [1.29, 1.82) is 0 Å². The van der Waals surface area contributed by atoms with Crippen molar-refractivity contribution in [2.75, 3.05) is 21.2 Å². The highest BCUT2D eigenvalue weighted by molar-refractivity contribution is 6.43. The van der Waals surface area contributed by atoms with Crippen LogP contribution in [0.5, 0.6) is 5.75 Å². The zero-order chi connectivity index (χ0) is 11.4. The van der Waals surface area contributed by atoms with Crippen LogP contribution in [0.2, 0.25) is 10.0 Å². The van der Waals surface area contributed by atoms with E-state index < -0.39 is 0 Å². The highest BCUT2D eigenvalue weighted by Crippen LogP contribution is 2.36. The molecular weight excluding hydrogens is 235 g/mol. The Morgan fingerprint density at radius 1 is 1.13 bits per heavy atom. The Morgan fingerprint density at radius 3 is 2.20 bits per heavy atom. The lowest BCUT2D eigenvalue weighted by Gasteiger charge is -2.18. The molecule has 0 radical (unpaired) electrons. The molecule has 1 aromatic carbocycles. The molecule has 0 aromatic heterocycles. The Kier molecular flexibility index (Phi) is 4.67. The Hall–Kier alpha value is -0.480. The van der Waals surface area contributed by atoms with Gasteiger partial charge in [0.1, 0.15) is 10.8 Å². The van der Waals surface area contributed by atoms with Crippen LogP contribution >= 0.6 is 23.2 Å². The summed E-state index contributed by atoms with van der Waals surface area (Å²) in [5, 5.41) is 7.10. The fraction of sp³-hybridized carbons (Fsp3) is 0.400. The third-order valence-corrected chi connectivity index (χ3v) is 3.06. The van der Waals surface area contributed by atoms with Crippen molar-refractivity contribution >= 4 is 23.2 Å². The summed E-state index contributed by atoms with van der Waals surface area (Å²) in [5.41, 5.74) is 0.896. The molecule has 0 bridgehead atoms. The van der Waals surface area contributed by atoms with Gasteiger partial charge in [-0.15, -0.1) is 0 Å². The summed E-state index contributed by atoms with van der Waals surface area (Å²) in [4.78, 5) is 0. The molecule has 1 rings (SSSR count). The number of methoxy groups -OCH3 is 1. The van der Waals surface area contributed by atoms with Gasteiger partial charge in [0.2, 0.25) is 0 Å². The zero-order valence-electron chi connectivity index (χ0n) is 8.90. The van der Waals surface area contributed by atoms with E-state index in [1.807, 2.05) is 20.2 Å². The van der Waals surface area contributed by atoms with Crippen LogP contribution in [0.4, 0.5) is 0 Å². The maximum atomic E-state index is 6.14. The van der Waals surface area contributed by atoms with Crippen molar-refractivity contribution in [2.24, 2.45) is 0 Å². The highest BCUT2D eigenvalue weighted by atomic mass is 35.5. The van der Waals surface area contributed by atoms with E-state index in [0.717, 1.165) is 5.56 Å². The SMILES string of the molecule is CNC(NC)c1ccc(OC)c(Cl)c1Cl. The van der Waals surface area contributed by atoms with Gasteiger partial charge in [0.25, 0.3) is 0 Å². The van der Waals surface area contributed by atoms with Gasteiger partial charge < -0.3 is 15.4 Å². The van der Waals surface area contributed by atoms with Gasteiger partial charge in [-0.05, 0) is 20.2 Å². The molecule has 84 valence electrons. The van der Waals surface area contributed by atoms with Gasteiger partial charge in [-0.1, -0.05) is 29.3 Å². The lowest BCUT2D eigenvalue weighted by molar-refractivity contribution is 0.414. The average molecular weight is 249 g/mol. The molecule has 0 heterocycles. The van der Waals surface area contributed by atoms with Crippen molar-refractivity contribution < 1.29 is 4.74 Å². The number of halogens is 2. The molecule has 2 N–H and O–H groups in total. The lowest BCUT2D eigenvalue weighted by atomic mass is 10.1. The van der Waals surface area contributed by atoms with E-state index in [4.69, 9.17) is 27.9 Å². The largest absolute Gasteiger partial charge is 0.495 e. The summed E-state index contributed by atoms with van der Waals surface area (Å²) in [5.74, 6) is 0.580. The zero-order valence-corrected chi connectivity index (χ0v) is 10.4. The van der Waals surface area contributed by atoms with Crippen molar-refractivity contribution in [3.63, 3.8) is 0 Å². The fourth-order valence-corrected chi connectivity index (χ4v) is 1.90. The second kappa shape index (κ2) is 5.56. The van der Waals surface area contributed by atoms with E-state index in [2.05, 4.69) is 10.6 Å². The van der Waals surface area contributed by atoms with Crippen molar-refractivity contribution in [1.82, 2.24) is 10.6 Å². The van der Waals surface area contributed by atoms with Gasteiger partial charge in [-0.25, -0.2) is 0 Å². The fourth-order valence-electron chi connectivity index (χ4n) is 1.38. The minimum Gasteiger partial charge on any atom is -0.495 e. The second-order valence-corrected chi connectivity index (χ2v) is 3.75.